The molecular formula is C17H21N3. The third kappa shape index (κ3) is 2.89. The van der Waals surface area contributed by atoms with Crippen LogP contribution in [-0.2, 0) is 6.54 Å². The second-order valence-corrected chi connectivity index (χ2v) is 5.37. The van der Waals surface area contributed by atoms with Gasteiger partial charge in [-0.3, -0.25) is 9.88 Å². The number of hydrogen-bond acceptors (Lipinski definition) is 3. The molecule has 0 bridgehead atoms. The van der Waals surface area contributed by atoms with Gasteiger partial charge < -0.3 is 5.32 Å². The summed E-state index contributed by atoms with van der Waals surface area (Å²) in [4.78, 5) is 7.07. The molecule has 1 aliphatic rings. The molecule has 0 radical (unpaired) electrons. The Hall–Kier alpha value is -1.71. The lowest BCUT2D eigenvalue weighted by atomic mass is 10.0. The zero-order valence-electron chi connectivity index (χ0n) is 11.9. The van der Waals surface area contributed by atoms with Gasteiger partial charge in [0.05, 0.1) is 5.69 Å². The van der Waals surface area contributed by atoms with Gasteiger partial charge in [0.2, 0.25) is 0 Å². The average molecular weight is 267 g/mol. The van der Waals surface area contributed by atoms with Gasteiger partial charge in [-0.1, -0.05) is 36.4 Å². The van der Waals surface area contributed by atoms with Crippen molar-refractivity contribution in [2.45, 2.75) is 19.5 Å². The maximum Gasteiger partial charge on any atom is 0.0573 e. The van der Waals surface area contributed by atoms with E-state index in [9.17, 15) is 0 Å². The number of benzene rings is 1. The van der Waals surface area contributed by atoms with Crippen molar-refractivity contribution in [2.24, 2.45) is 0 Å². The lowest BCUT2D eigenvalue weighted by Crippen LogP contribution is -2.45. The number of nitrogens with one attached hydrogen (secondary N) is 1. The summed E-state index contributed by atoms with van der Waals surface area (Å²) in [6, 6.07) is 15.3. The Labute approximate surface area is 120 Å². The van der Waals surface area contributed by atoms with Gasteiger partial charge in [0, 0.05) is 38.4 Å². The number of aromatic nitrogens is 1. The highest BCUT2D eigenvalue weighted by molar-refractivity contribution is 5.22. The molecule has 1 aromatic carbocycles. The Morgan fingerprint density at radius 2 is 2.05 bits per heavy atom. The number of hydrogen-bond donors (Lipinski definition) is 1. The first kappa shape index (κ1) is 13.3. The van der Waals surface area contributed by atoms with E-state index in [0.717, 1.165) is 26.2 Å². The molecule has 3 heteroatoms. The predicted molar refractivity (Wildman–Crippen MR) is 81.4 cm³/mol. The lowest BCUT2D eigenvalue weighted by molar-refractivity contribution is 0.151. The maximum absolute atomic E-state index is 4.54. The molecule has 0 aliphatic carbocycles. The van der Waals surface area contributed by atoms with Gasteiger partial charge in [-0.25, -0.2) is 0 Å². The molecule has 1 fully saturated rings. The summed E-state index contributed by atoms with van der Waals surface area (Å²) in [6.45, 7) is 6.19. The molecule has 1 saturated heterocycles. The molecule has 1 atom stereocenters. The Bertz CT molecular complexity index is 553. The zero-order valence-corrected chi connectivity index (χ0v) is 11.9. The van der Waals surface area contributed by atoms with E-state index in [4.69, 9.17) is 0 Å². The van der Waals surface area contributed by atoms with E-state index in [1.807, 2.05) is 12.3 Å². The van der Waals surface area contributed by atoms with Crippen LogP contribution in [-0.4, -0.2) is 29.5 Å². The number of aryl methyl sites for hydroxylation is 1. The summed E-state index contributed by atoms with van der Waals surface area (Å²) >= 11 is 0. The van der Waals surface area contributed by atoms with Crippen molar-refractivity contribution >= 4 is 0 Å². The normalized spacial score (nSPS) is 19.9. The predicted octanol–water partition coefficient (Wildman–Crippen LogP) is 2.54. The molecule has 20 heavy (non-hydrogen) atoms. The third-order valence-electron chi connectivity index (χ3n) is 4.01. The van der Waals surface area contributed by atoms with Crippen molar-refractivity contribution in [3.05, 3.63) is 65.5 Å². The van der Waals surface area contributed by atoms with Gasteiger partial charge in [0.1, 0.15) is 0 Å². The van der Waals surface area contributed by atoms with E-state index in [-0.39, 0.29) is 0 Å². The minimum absolute atomic E-state index is 0.436. The maximum atomic E-state index is 4.54. The van der Waals surface area contributed by atoms with Crippen LogP contribution in [0.5, 0.6) is 0 Å². The van der Waals surface area contributed by atoms with Crippen molar-refractivity contribution < 1.29 is 0 Å². The fourth-order valence-corrected chi connectivity index (χ4v) is 2.82. The van der Waals surface area contributed by atoms with E-state index < -0.39 is 0 Å². The van der Waals surface area contributed by atoms with Crippen LogP contribution in [0.1, 0.15) is 22.9 Å². The van der Waals surface area contributed by atoms with Gasteiger partial charge in [-0.2, -0.15) is 0 Å². The molecule has 2 aromatic rings. The minimum Gasteiger partial charge on any atom is -0.314 e. The van der Waals surface area contributed by atoms with Crippen molar-refractivity contribution in [1.82, 2.24) is 15.2 Å². The van der Waals surface area contributed by atoms with Crippen LogP contribution in [0.15, 0.2) is 48.7 Å². The summed E-state index contributed by atoms with van der Waals surface area (Å²) in [5.74, 6) is 0. The standard InChI is InChI=1S/C17H21N3/c1-14-6-5-9-19-16(14)13-20-11-10-18-12-17(20)15-7-3-2-4-8-15/h2-9,17-18H,10-13H2,1H3/t17-/m0/s1. The average Bonchev–Trinajstić information content (AvgIpc) is 2.51. The Balaban J connectivity index is 1.81. The topological polar surface area (TPSA) is 28.2 Å². The van der Waals surface area contributed by atoms with Crippen LogP contribution in [0.4, 0.5) is 0 Å². The van der Waals surface area contributed by atoms with Crippen molar-refractivity contribution in [3.63, 3.8) is 0 Å². The number of rotatable bonds is 3. The molecule has 3 rings (SSSR count). The molecule has 1 aromatic heterocycles. The summed E-state index contributed by atoms with van der Waals surface area (Å²) in [5.41, 5.74) is 3.85. The molecule has 3 nitrogen and oxygen atoms in total. The van der Waals surface area contributed by atoms with Crippen molar-refractivity contribution in [1.29, 1.82) is 0 Å². The first-order valence-corrected chi connectivity index (χ1v) is 7.25. The van der Waals surface area contributed by atoms with E-state index in [1.165, 1.54) is 16.8 Å². The molecule has 0 spiro atoms. The highest BCUT2D eigenvalue weighted by Crippen LogP contribution is 2.24. The smallest absolute Gasteiger partial charge is 0.0573 e. The van der Waals surface area contributed by atoms with Gasteiger partial charge in [0.25, 0.3) is 0 Å². The van der Waals surface area contributed by atoms with Crippen LogP contribution in [0.3, 0.4) is 0 Å². The van der Waals surface area contributed by atoms with Crippen LogP contribution >= 0.6 is 0 Å². The Kier molecular flexibility index (Phi) is 4.09. The first-order valence-electron chi connectivity index (χ1n) is 7.25. The highest BCUT2D eigenvalue weighted by Gasteiger charge is 2.24. The molecule has 0 amide bonds. The molecule has 0 saturated carbocycles. The van der Waals surface area contributed by atoms with Crippen LogP contribution < -0.4 is 5.32 Å². The first-order chi connectivity index (χ1) is 9.84. The number of piperazine rings is 1. The number of pyridine rings is 1. The van der Waals surface area contributed by atoms with E-state index in [2.05, 4.69) is 58.5 Å². The van der Waals surface area contributed by atoms with Crippen LogP contribution in [0, 0.1) is 6.92 Å². The van der Waals surface area contributed by atoms with Crippen molar-refractivity contribution in [3.8, 4) is 0 Å². The molecule has 104 valence electrons. The van der Waals surface area contributed by atoms with Crippen molar-refractivity contribution in [2.75, 3.05) is 19.6 Å². The molecule has 0 unspecified atom stereocenters. The molecule has 1 aliphatic heterocycles. The Morgan fingerprint density at radius 3 is 2.85 bits per heavy atom. The SMILES string of the molecule is Cc1cccnc1CN1CCNC[C@H]1c1ccccc1. The second-order valence-electron chi connectivity index (χ2n) is 5.37. The van der Waals surface area contributed by atoms with Gasteiger partial charge in [0.15, 0.2) is 0 Å². The molecule has 1 N–H and O–H groups in total. The van der Waals surface area contributed by atoms with Crippen LogP contribution in [0.25, 0.3) is 0 Å². The Morgan fingerprint density at radius 1 is 1.20 bits per heavy atom. The quantitative estimate of drug-likeness (QED) is 0.926. The van der Waals surface area contributed by atoms with E-state index >= 15 is 0 Å². The lowest BCUT2D eigenvalue weighted by Gasteiger charge is -2.36. The van der Waals surface area contributed by atoms with Gasteiger partial charge in [-0.05, 0) is 24.1 Å². The van der Waals surface area contributed by atoms with E-state index in [1.54, 1.807) is 0 Å². The summed E-state index contributed by atoms with van der Waals surface area (Å²) in [5, 5.41) is 3.50. The summed E-state index contributed by atoms with van der Waals surface area (Å²) in [6.07, 6.45) is 1.89. The second kappa shape index (κ2) is 6.16. The van der Waals surface area contributed by atoms with E-state index in [0.29, 0.717) is 6.04 Å². The van der Waals surface area contributed by atoms with Gasteiger partial charge >= 0.3 is 0 Å². The fourth-order valence-electron chi connectivity index (χ4n) is 2.82. The summed E-state index contributed by atoms with van der Waals surface area (Å²) < 4.78 is 0. The monoisotopic (exact) mass is 267 g/mol. The van der Waals surface area contributed by atoms with Gasteiger partial charge in [-0.15, -0.1) is 0 Å². The molecular weight excluding hydrogens is 246 g/mol. The largest absolute Gasteiger partial charge is 0.314 e. The third-order valence-corrected chi connectivity index (χ3v) is 4.01. The minimum atomic E-state index is 0.436. The highest BCUT2D eigenvalue weighted by atomic mass is 15.2. The molecule has 2 heterocycles. The fraction of sp³-hybridized carbons (Fsp3) is 0.353. The van der Waals surface area contributed by atoms with Crippen LogP contribution in [0.2, 0.25) is 0 Å². The summed E-state index contributed by atoms with van der Waals surface area (Å²) in [7, 11) is 0. The zero-order chi connectivity index (χ0) is 13.8. The number of nitrogens with zero attached hydrogens (tertiary/aromatic N) is 2.